The maximum atomic E-state index is 10.9. The van der Waals surface area contributed by atoms with Crippen molar-refractivity contribution in [2.45, 2.75) is 45.1 Å². The monoisotopic (exact) mass is 274 g/mol. The van der Waals surface area contributed by atoms with Crippen LogP contribution in [-0.2, 0) is 0 Å². The zero-order valence-electron chi connectivity index (χ0n) is 11.9. The fraction of sp³-hybridized carbons (Fsp3) is 0.625. The molecule has 4 heteroatoms. The molecule has 1 aromatic rings. The summed E-state index contributed by atoms with van der Waals surface area (Å²) in [4.78, 5) is 10.6. The molecule has 2 N–H and O–H groups in total. The maximum Gasteiger partial charge on any atom is 0.270 e. The van der Waals surface area contributed by atoms with Crippen LogP contribution in [0.3, 0.4) is 0 Å². The highest BCUT2D eigenvalue weighted by atomic mass is 16.6. The number of nitro groups is 1. The maximum absolute atomic E-state index is 10.9. The minimum Gasteiger partial charge on any atom is -0.324 e. The first-order valence-electron chi connectivity index (χ1n) is 7.54. The summed E-state index contributed by atoms with van der Waals surface area (Å²) in [6.07, 6.45) is 6.42. The summed E-state index contributed by atoms with van der Waals surface area (Å²) >= 11 is 0. The molecule has 3 rings (SSSR count). The van der Waals surface area contributed by atoms with Crippen molar-refractivity contribution in [1.29, 1.82) is 0 Å². The second-order valence-electron chi connectivity index (χ2n) is 6.64. The predicted octanol–water partition coefficient (Wildman–Crippen LogP) is 3.73. The molecule has 2 fully saturated rings. The summed E-state index contributed by atoms with van der Waals surface area (Å²) in [6, 6.07) is 5.17. The van der Waals surface area contributed by atoms with Crippen LogP contribution in [0.1, 0.15) is 49.3 Å². The van der Waals surface area contributed by atoms with Crippen LogP contribution in [0.4, 0.5) is 5.69 Å². The van der Waals surface area contributed by atoms with Crippen LogP contribution >= 0.6 is 0 Å². The molecule has 108 valence electrons. The van der Waals surface area contributed by atoms with E-state index in [-0.39, 0.29) is 16.7 Å². The highest BCUT2D eigenvalue weighted by Gasteiger charge is 2.39. The molecule has 0 aliphatic heterocycles. The van der Waals surface area contributed by atoms with Crippen molar-refractivity contribution < 1.29 is 4.92 Å². The summed E-state index contributed by atoms with van der Waals surface area (Å²) < 4.78 is 0. The third-order valence-electron chi connectivity index (χ3n) is 5.16. The van der Waals surface area contributed by atoms with Gasteiger partial charge in [0.1, 0.15) is 0 Å². The van der Waals surface area contributed by atoms with Gasteiger partial charge in [-0.25, -0.2) is 0 Å². The lowest BCUT2D eigenvalue weighted by atomic mass is 9.83. The lowest BCUT2D eigenvalue weighted by molar-refractivity contribution is -0.385. The van der Waals surface area contributed by atoms with Crippen LogP contribution in [-0.4, -0.2) is 4.92 Å². The van der Waals surface area contributed by atoms with Crippen LogP contribution in [0.2, 0.25) is 0 Å². The van der Waals surface area contributed by atoms with Crippen molar-refractivity contribution in [3.8, 4) is 0 Å². The largest absolute Gasteiger partial charge is 0.324 e. The number of hydrogen-bond acceptors (Lipinski definition) is 3. The first-order chi connectivity index (χ1) is 9.52. The second-order valence-corrected chi connectivity index (χ2v) is 6.64. The minimum atomic E-state index is -0.333. The van der Waals surface area contributed by atoms with E-state index in [2.05, 4.69) is 0 Å². The topological polar surface area (TPSA) is 69.2 Å². The Bertz CT molecular complexity index is 529. The first kappa shape index (κ1) is 13.6. The third-order valence-corrected chi connectivity index (χ3v) is 5.16. The van der Waals surface area contributed by atoms with Gasteiger partial charge < -0.3 is 5.73 Å². The van der Waals surface area contributed by atoms with E-state index in [0.29, 0.717) is 0 Å². The molecule has 4 atom stereocenters. The SMILES string of the molecule is Cc1cc(C(N)CC2CC3CCC2C3)cc([N+](=O)[O-])c1. The summed E-state index contributed by atoms with van der Waals surface area (Å²) in [5, 5.41) is 10.9. The van der Waals surface area contributed by atoms with Gasteiger partial charge in [0.15, 0.2) is 0 Å². The lowest BCUT2D eigenvalue weighted by Crippen LogP contribution is -2.19. The van der Waals surface area contributed by atoms with Gasteiger partial charge in [-0.1, -0.05) is 12.5 Å². The van der Waals surface area contributed by atoms with E-state index >= 15 is 0 Å². The first-order valence-corrected chi connectivity index (χ1v) is 7.54. The van der Waals surface area contributed by atoms with E-state index < -0.39 is 0 Å². The highest BCUT2D eigenvalue weighted by molar-refractivity contribution is 5.40. The molecule has 0 saturated heterocycles. The van der Waals surface area contributed by atoms with Crippen LogP contribution in [0.15, 0.2) is 18.2 Å². The molecule has 4 nitrogen and oxygen atoms in total. The summed E-state index contributed by atoms with van der Waals surface area (Å²) in [6.45, 7) is 1.89. The van der Waals surface area contributed by atoms with Gasteiger partial charge in [-0.2, -0.15) is 0 Å². The molecule has 1 aromatic carbocycles. The molecule has 20 heavy (non-hydrogen) atoms. The number of non-ortho nitro benzene ring substituents is 1. The molecule has 0 amide bonds. The Morgan fingerprint density at radius 3 is 2.75 bits per heavy atom. The van der Waals surface area contributed by atoms with E-state index in [9.17, 15) is 10.1 Å². The van der Waals surface area contributed by atoms with Crippen LogP contribution in [0.25, 0.3) is 0 Å². The van der Waals surface area contributed by atoms with Gasteiger partial charge in [-0.3, -0.25) is 10.1 Å². The molecular weight excluding hydrogens is 252 g/mol. The van der Waals surface area contributed by atoms with Gasteiger partial charge in [0.25, 0.3) is 5.69 Å². The average Bonchev–Trinajstić information content (AvgIpc) is 3.00. The molecule has 0 aromatic heterocycles. The Hall–Kier alpha value is -1.42. The standard InChI is InChI=1S/C16H22N2O2/c1-10-4-14(8-15(5-10)18(19)20)16(17)9-13-7-11-2-3-12(13)6-11/h4-5,8,11-13,16H,2-3,6-7,9,17H2,1H3. The van der Waals surface area contributed by atoms with E-state index in [1.165, 1.54) is 25.7 Å². The molecular formula is C16H22N2O2. The van der Waals surface area contributed by atoms with Crippen LogP contribution < -0.4 is 5.73 Å². The zero-order valence-corrected chi connectivity index (χ0v) is 11.9. The fourth-order valence-electron chi connectivity index (χ4n) is 4.24. The predicted molar refractivity (Wildman–Crippen MR) is 78.3 cm³/mol. The minimum absolute atomic E-state index is 0.0713. The van der Waals surface area contributed by atoms with Crippen molar-refractivity contribution >= 4 is 5.69 Å². The highest BCUT2D eigenvalue weighted by Crippen LogP contribution is 2.50. The van der Waals surface area contributed by atoms with Crippen molar-refractivity contribution in [3.05, 3.63) is 39.4 Å². The third kappa shape index (κ3) is 2.57. The smallest absolute Gasteiger partial charge is 0.270 e. The quantitative estimate of drug-likeness (QED) is 0.671. The van der Waals surface area contributed by atoms with Gasteiger partial charge in [0.2, 0.25) is 0 Å². The second kappa shape index (κ2) is 5.17. The van der Waals surface area contributed by atoms with Crippen LogP contribution in [0.5, 0.6) is 0 Å². The molecule has 4 unspecified atom stereocenters. The van der Waals surface area contributed by atoms with Crippen molar-refractivity contribution in [1.82, 2.24) is 0 Å². The average molecular weight is 274 g/mol. The molecule has 0 heterocycles. The van der Waals surface area contributed by atoms with Crippen molar-refractivity contribution in [3.63, 3.8) is 0 Å². The van der Waals surface area contributed by atoms with Gasteiger partial charge >= 0.3 is 0 Å². The van der Waals surface area contributed by atoms with Gasteiger partial charge in [0.05, 0.1) is 4.92 Å². The van der Waals surface area contributed by atoms with E-state index in [1.54, 1.807) is 12.1 Å². The van der Waals surface area contributed by atoms with E-state index in [4.69, 9.17) is 5.73 Å². The number of nitrogens with two attached hydrogens (primary N) is 1. The Balaban J connectivity index is 1.73. The number of benzene rings is 1. The molecule has 0 radical (unpaired) electrons. The fourth-order valence-corrected chi connectivity index (χ4v) is 4.24. The summed E-state index contributed by atoms with van der Waals surface area (Å²) in [5.41, 5.74) is 8.31. The van der Waals surface area contributed by atoms with Gasteiger partial charge in [-0.15, -0.1) is 0 Å². The Kier molecular flexibility index (Phi) is 3.50. The normalized spacial score (nSPS) is 29.6. The van der Waals surface area contributed by atoms with Crippen LogP contribution in [0, 0.1) is 34.8 Å². The summed E-state index contributed by atoms with van der Waals surface area (Å²) in [7, 11) is 0. The summed E-state index contributed by atoms with van der Waals surface area (Å²) in [5.74, 6) is 2.50. The Morgan fingerprint density at radius 2 is 2.15 bits per heavy atom. The number of aryl methyl sites for hydroxylation is 1. The number of hydrogen-bond donors (Lipinski definition) is 1. The lowest BCUT2D eigenvalue weighted by Gasteiger charge is -2.25. The number of rotatable bonds is 4. The molecule has 2 aliphatic carbocycles. The molecule has 2 saturated carbocycles. The number of nitro benzene ring substituents is 1. The zero-order chi connectivity index (χ0) is 14.3. The number of fused-ring (bicyclic) bond motifs is 2. The van der Waals surface area contributed by atoms with Gasteiger partial charge in [0, 0.05) is 18.2 Å². The molecule has 0 spiro atoms. The molecule has 2 bridgehead atoms. The van der Waals surface area contributed by atoms with E-state index in [1.807, 2.05) is 13.0 Å². The van der Waals surface area contributed by atoms with E-state index in [0.717, 1.165) is 35.3 Å². The van der Waals surface area contributed by atoms with Gasteiger partial charge in [-0.05, 0) is 61.5 Å². The number of nitrogens with zero attached hydrogens (tertiary/aromatic N) is 1. The van der Waals surface area contributed by atoms with Crippen molar-refractivity contribution in [2.75, 3.05) is 0 Å². The molecule has 2 aliphatic rings. The Labute approximate surface area is 119 Å². The van der Waals surface area contributed by atoms with Crippen molar-refractivity contribution in [2.24, 2.45) is 23.5 Å². The Morgan fingerprint density at radius 1 is 1.35 bits per heavy atom.